The van der Waals surface area contributed by atoms with Crippen LogP contribution in [0.3, 0.4) is 0 Å². The first-order valence-corrected chi connectivity index (χ1v) is 10.2. The normalized spacial score (nSPS) is 35.0. The van der Waals surface area contributed by atoms with Crippen molar-refractivity contribution in [1.82, 2.24) is 0 Å². The number of methoxy groups -OCH3 is 1. The highest BCUT2D eigenvalue weighted by atomic mass is 16.7. The zero-order valence-corrected chi connectivity index (χ0v) is 16.5. The predicted molar refractivity (Wildman–Crippen MR) is 97.0 cm³/mol. The van der Waals surface area contributed by atoms with E-state index in [-0.39, 0.29) is 17.3 Å². The zero-order chi connectivity index (χ0) is 18.1. The van der Waals surface area contributed by atoms with E-state index >= 15 is 0 Å². The minimum absolute atomic E-state index is 0.0523. The van der Waals surface area contributed by atoms with Gasteiger partial charge in [0.25, 0.3) is 0 Å². The molecule has 0 aromatic carbocycles. The smallest absolute Gasteiger partial charge is 0.308 e. The maximum atomic E-state index is 11.8. The van der Waals surface area contributed by atoms with Gasteiger partial charge in [-0.15, -0.1) is 0 Å². The Kier molecular flexibility index (Phi) is 5.79. The molecule has 3 aliphatic carbocycles. The van der Waals surface area contributed by atoms with Crippen molar-refractivity contribution in [2.75, 3.05) is 20.3 Å². The van der Waals surface area contributed by atoms with E-state index in [1.807, 2.05) is 0 Å². The second-order valence-corrected chi connectivity index (χ2v) is 9.42. The van der Waals surface area contributed by atoms with Gasteiger partial charge in [0.05, 0.1) is 26.2 Å². The van der Waals surface area contributed by atoms with E-state index in [9.17, 15) is 4.79 Å². The van der Waals surface area contributed by atoms with Crippen molar-refractivity contribution in [3.05, 3.63) is 0 Å². The van der Waals surface area contributed by atoms with E-state index in [1.54, 1.807) is 0 Å². The van der Waals surface area contributed by atoms with Gasteiger partial charge in [-0.25, -0.2) is 0 Å². The molecule has 0 aromatic rings. The first kappa shape index (κ1) is 19.2. The molecule has 3 atom stereocenters. The van der Waals surface area contributed by atoms with Gasteiger partial charge in [-0.3, -0.25) is 4.79 Å². The van der Waals surface area contributed by atoms with Gasteiger partial charge in [0, 0.05) is 18.3 Å². The number of carbonyl (C=O) groups excluding carboxylic acids is 1. The monoisotopic (exact) mass is 352 g/mol. The van der Waals surface area contributed by atoms with Gasteiger partial charge in [0.1, 0.15) is 0 Å². The summed E-state index contributed by atoms with van der Waals surface area (Å²) in [5.74, 6) is 1.67. The fourth-order valence-corrected chi connectivity index (χ4v) is 4.79. The number of hydrogen-bond acceptors (Lipinski definition) is 4. The van der Waals surface area contributed by atoms with Crippen molar-refractivity contribution in [2.45, 2.75) is 77.9 Å². The van der Waals surface area contributed by atoms with Crippen LogP contribution in [0.25, 0.3) is 0 Å². The molecule has 4 nitrogen and oxygen atoms in total. The van der Waals surface area contributed by atoms with Gasteiger partial charge in [-0.05, 0) is 30.6 Å². The van der Waals surface area contributed by atoms with Crippen LogP contribution in [-0.4, -0.2) is 32.1 Å². The Labute approximate surface area is 153 Å². The van der Waals surface area contributed by atoms with E-state index in [4.69, 9.17) is 14.2 Å². The Morgan fingerprint density at radius 2 is 1.76 bits per heavy atom. The molecule has 0 radical (unpaired) electrons. The molecule has 0 bridgehead atoms. The number of fused-ring (bicyclic) bond motifs is 1. The highest BCUT2D eigenvalue weighted by Gasteiger charge is 2.56. The summed E-state index contributed by atoms with van der Waals surface area (Å²) < 4.78 is 17.1. The lowest BCUT2D eigenvalue weighted by molar-refractivity contribution is -0.297. The summed E-state index contributed by atoms with van der Waals surface area (Å²) in [6, 6.07) is 0. The molecule has 3 saturated carbocycles. The molecule has 4 rings (SSSR count). The van der Waals surface area contributed by atoms with Crippen LogP contribution >= 0.6 is 0 Å². The van der Waals surface area contributed by atoms with E-state index in [2.05, 4.69) is 20.8 Å². The Hall–Kier alpha value is -0.610. The van der Waals surface area contributed by atoms with Crippen molar-refractivity contribution >= 4 is 5.97 Å². The quantitative estimate of drug-likeness (QED) is 0.698. The van der Waals surface area contributed by atoms with Crippen molar-refractivity contribution < 1.29 is 19.0 Å². The first-order valence-electron chi connectivity index (χ1n) is 10.2. The second kappa shape index (κ2) is 7.56. The number of hydrogen-bond donors (Lipinski definition) is 0. The van der Waals surface area contributed by atoms with Crippen LogP contribution in [0.2, 0.25) is 0 Å². The van der Waals surface area contributed by atoms with Crippen molar-refractivity contribution in [3.8, 4) is 0 Å². The summed E-state index contributed by atoms with van der Waals surface area (Å²) in [6.07, 6.45) is 9.78. The largest absolute Gasteiger partial charge is 0.469 e. The minimum Gasteiger partial charge on any atom is -0.469 e. The summed E-state index contributed by atoms with van der Waals surface area (Å²) in [7, 11) is 1.48. The van der Waals surface area contributed by atoms with Crippen LogP contribution < -0.4 is 0 Å². The van der Waals surface area contributed by atoms with E-state index in [0.29, 0.717) is 11.8 Å². The van der Waals surface area contributed by atoms with Crippen LogP contribution in [0.1, 0.15) is 72.1 Å². The van der Waals surface area contributed by atoms with Crippen molar-refractivity contribution in [3.63, 3.8) is 0 Å². The summed E-state index contributed by atoms with van der Waals surface area (Å²) in [4.78, 5) is 11.8. The molecule has 1 saturated heterocycles. The molecule has 1 spiro atoms. The van der Waals surface area contributed by atoms with E-state index < -0.39 is 5.79 Å². The molecular formula is C21H36O4. The van der Waals surface area contributed by atoms with Crippen LogP contribution in [-0.2, 0) is 19.0 Å². The number of ether oxygens (including phenoxy) is 3. The van der Waals surface area contributed by atoms with Crippen LogP contribution in [0.15, 0.2) is 0 Å². The molecule has 25 heavy (non-hydrogen) atoms. The molecule has 4 fully saturated rings. The van der Waals surface area contributed by atoms with Crippen LogP contribution in [0, 0.1) is 29.1 Å². The first-order chi connectivity index (χ1) is 11.9. The number of carbonyl (C=O) groups is 1. The predicted octanol–water partition coefficient (Wildman–Crippen LogP) is 4.56. The van der Waals surface area contributed by atoms with Crippen LogP contribution in [0.4, 0.5) is 0 Å². The maximum Gasteiger partial charge on any atom is 0.308 e. The number of esters is 1. The van der Waals surface area contributed by atoms with E-state index in [0.717, 1.165) is 44.8 Å². The average Bonchev–Trinajstić information content (AvgIpc) is 3.21. The topological polar surface area (TPSA) is 44.8 Å². The van der Waals surface area contributed by atoms with Crippen molar-refractivity contribution in [1.29, 1.82) is 0 Å². The standard InChI is InChI=1S/C15H24O4.C6H12/c1-14(2)8-18-15(19-9-14)6-10-4-5-11(12(10)7-15)13(16)17-3;1-2-3-6-4-5-6/h10-12H,4-9H2,1-3H3;6H,2-5H2,1H3. The highest BCUT2D eigenvalue weighted by Crippen LogP contribution is 2.55. The van der Waals surface area contributed by atoms with Gasteiger partial charge in [-0.1, -0.05) is 46.5 Å². The molecule has 0 amide bonds. The fourth-order valence-electron chi connectivity index (χ4n) is 4.79. The molecule has 1 aliphatic heterocycles. The van der Waals surface area contributed by atoms with Gasteiger partial charge in [0.2, 0.25) is 0 Å². The lowest BCUT2D eigenvalue weighted by atomic mass is 9.91. The molecule has 144 valence electrons. The fraction of sp³-hybridized carbons (Fsp3) is 0.952. The third-order valence-corrected chi connectivity index (χ3v) is 6.44. The molecule has 3 unspecified atom stereocenters. The molecule has 0 aromatic heterocycles. The highest BCUT2D eigenvalue weighted by molar-refractivity contribution is 5.73. The lowest BCUT2D eigenvalue weighted by Gasteiger charge is -2.42. The summed E-state index contributed by atoms with van der Waals surface area (Å²) in [5.41, 5.74) is 0.102. The second-order valence-electron chi connectivity index (χ2n) is 9.42. The lowest BCUT2D eigenvalue weighted by Crippen LogP contribution is -2.46. The Balaban J connectivity index is 0.000000258. The average molecular weight is 353 g/mol. The van der Waals surface area contributed by atoms with Crippen LogP contribution in [0.5, 0.6) is 0 Å². The molecule has 1 heterocycles. The minimum atomic E-state index is -0.419. The van der Waals surface area contributed by atoms with Gasteiger partial charge in [0.15, 0.2) is 5.79 Å². The summed E-state index contributed by atoms with van der Waals surface area (Å²) in [5, 5.41) is 0. The summed E-state index contributed by atoms with van der Waals surface area (Å²) >= 11 is 0. The third-order valence-electron chi connectivity index (χ3n) is 6.44. The van der Waals surface area contributed by atoms with Crippen molar-refractivity contribution in [2.24, 2.45) is 29.1 Å². The Morgan fingerprint density at radius 3 is 2.28 bits per heavy atom. The SMILES string of the molecule is CCCC1CC1.COC(=O)C1CCC2CC3(CC21)OCC(C)(C)CO3. The molecular weight excluding hydrogens is 316 g/mol. The molecule has 4 aliphatic rings. The van der Waals surface area contributed by atoms with Gasteiger partial charge in [-0.2, -0.15) is 0 Å². The maximum absolute atomic E-state index is 11.8. The van der Waals surface area contributed by atoms with Gasteiger partial charge < -0.3 is 14.2 Å². The molecule has 4 heteroatoms. The van der Waals surface area contributed by atoms with Gasteiger partial charge >= 0.3 is 5.97 Å². The number of rotatable bonds is 3. The third kappa shape index (κ3) is 4.57. The molecule has 0 N–H and O–H groups in total. The zero-order valence-electron chi connectivity index (χ0n) is 16.5. The Morgan fingerprint density at radius 1 is 1.08 bits per heavy atom. The summed E-state index contributed by atoms with van der Waals surface area (Å²) in [6.45, 7) is 8.07. The Bertz CT molecular complexity index is 459. The van der Waals surface area contributed by atoms with E-state index in [1.165, 1.54) is 32.8 Å².